The van der Waals surface area contributed by atoms with Crippen molar-refractivity contribution in [3.8, 4) is 23.4 Å². The maximum Gasteiger partial charge on any atom is 0.165 e. The molecule has 3 aromatic rings. The van der Waals surface area contributed by atoms with Gasteiger partial charge in [-0.15, -0.1) is 11.3 Å². The van der Waals surface area contributed by atoms with Crippen molar-refractivity contribution >= 4 is 28.7 Å². The van der Waals surface area contributed by atoms with Crippen molar-refractivity contribution in [2.24, 2.45) is 0 Å². The van der Waals surface area contributed by atoms with Crippen LogP contribution in [-0.4, -0.2) is 19.1 Å². The lowest BCUT2D eigenvalue weighted by molar-refractivity contribution is 1.13. The summed E-state index contributed by atoms with van der Waals surface area (Å²) >= 11 is 1.36. The average molecular weight is 370 g/mol. The molecule has 1 aromatic heterocycles. The van der Waals surface area contributed by atoms with Crippen molar-refractivity contribution < 1.29 is 0 Å². The molecule has 5 heteroatoms. The Balaban J connectivity index is 2.21. The fraction of sp³-hybridized carbons (Fsp3) is 0.136. The summed E-state index contributed by atoms with van der Waals surface area (Å²) in [5, 5.41) is 18.4. The van der Waals surface area contributed by atoms with E-state index in [1.165, 1.54) is 16.9 Å². The molecule has 132 valence electrons. The number of hydrogen-bond donors (Lipinski definition) is 0. The number of nitriles is 2. The van der Waals surface area contributed by atoms with Gasteiger partial charge < -0.3 is 4.90 Å². The highest BCUT2D eigenvalue weighted by Gasteiger charge is 2.08. The number of anilines is 1. The SMILES string of the molecule is Cc1ccc(-c2nc(=C(C#N)C#N)sc2=Cc2ccc(N(C)C)cc2)cc1. The van der Waals surface area contributed by atoms with Crippen molar-refractivity contribution in [2.75, 3.05) is 19.0 Å². The van der Waals surface area contributed by atoms with Crippen LogP contribution < -0.4 is 14.1 Å². The third kappa shape index (κ3) is 4.06. The molecule has 0 N–H and O–H groups in total. The third-order valence-electron chi connectivity index (χ3n) is 4.12. The predicted octanol–water partition coefficient (Wildman–Crippen LogP) is 3.21. The van der Waals surface area contributed by atoms with E-state index in [-0.39, 0.29) is 5.57 Å². The molecule has 2 aromatic carbocycles. The molecule has 0 radical (unpaired) electrons. The molecule has 0 spiro atoms. The Kier molecular flexibility index (Phi) is 5.35. The molecular formula is C22H18N4S. The van der Waals surface area contributed by atoms with Gasteiger partial charge in [0, 0.05) is 25.3 Å². The van der Waals surface area contributed by atoms with Gasteiger partial charge in [0.2, 0.25) is 0 Å². The van der Waals surface area contributed by atoms with Gasteiger partial charge in [-0.25, -0.2) is 4.98 Å². The van der Waals surface area contributed by atoms with E-state index in [2.05, 4.69) is 17.1 Å². The summed E-state index contributed by atoms with van der Waals surface area (Å²) in [7, 11) is 4.01. The van der Waals surface area contributed by atoms with Gasteiger partial charge in [0.05, 0.1) is 10.2 Å². The molecule has 4 nitrogen and oxygen atoms in total. The first kappa shape index (κ1) is 18.4. The van der Waals surface area contributed by atoms with Crippen LogP contribution in [0.1, 0.15) is 11.1 Å². The van der Waals surface area contributed by atoms with Gasteiger partial charge in [0.15, 0.2) is 5.57 Å². The highest BCUT2D eigenvalue weighted by Crippen LogP contribution is 2.16. The average Bonchev–Trinajstić information content (AvgIpc) is 3.07. The van der Waals surface area contributed by atoms with Crippen LogP contribution >= 0.6 is 11.3 Å². The summed E-state index contributed by atoms with van der Waals surface area (Å²) in [5.41, 5.74) is 5.13. The van der Waals surface area contributed by atoms with Crippen molar-refractivity contribution in [1.29, 1.82) is 10.5 Å². The highest BCUT2D eigenvalue weighted by molar-refractivity contribution is 7.08. The monoisotopic (exact) mass is 370 g/mol. The molecule has 0 bridgehead atoms. The molecule has 0 aliphatic carbocycles. The highest BCUT2D eigenvalue weighted by atomic mass is 32.1. The van der Waals surface area contributed by atoms with E-state index < -0.39 is 0 Å². The summed E-state index contributed by atoms with van der Waals surface area (Å²) in [5.74, 6) is 0. The van der Waals surface area contributed by atoms with Gasteiger partial charge in [-0.05, 0) is 30.7 Å². The largest absolute Gasteiger partial charge is 0.378 e. The summed E-state index contributed by atoms with van der Waals surface area (Å²) in [4.78, 5) is 6.64. The number of nitrogens with zero attached hydrogens (tertiary/aromatic N) is 4. The fourth-order valence-electron chi connectivity index (χ4n) is 2.60. The Morgan fingerprint density at radius 2 is 1.63 bits per heavy atom. The van der Waals surface area contributed by atoms with Crippen LogP contribution in [0.3, 0.4) is 0 Å². The number of benzene rings is 2. The minimum absolute atomic E-state index is 0.0379. The maximum atomic E-state index is 9.20. The second kappa shape index (κ2) is 7.86. The first-order valence-electron chi connectivity index (χ1n) is 8.39. The van der Waals surface area contributed by atoms with Gasteiger partial charge in [-0.3, -0.25) is 0 Å². The zero-order valence-corrected chi connectivity index (χ0v) is 16.2. The number of thiazole rings is 1. The van der Waals surface area contributed by atoms with E-state index in [9.17, 15) is 10.5 Å². The van der Waals surface area contributed by atoms with Crippen molar-refractivity contribution in [3.05, 3.63) is 68.9 Å². The molecule has 27 heavy (non-hydrogen) atoms. The lowest BCUT2D eigenvalue weighted by atomic mass is 10.1. The van der Waals surface area contributed by atoms with Crippen LogP contribution in [-0.2, 0) is 0 Å². The smallest absolute Gasteiger partial charge is 0.165 e. The molecule has 0 amide bonds. The Labute approximate surface area is 162 Å². The molecule has 0 unspecified atom stereocenters. The Bertz CT molecular complexity index is 1140. The summed E-state index contributed by atoms with van der Waals surface area (Å²) in [6.07, 6.45) is 2.04. The van der Waals surface area contributed by atoms with Gasteiger partial charge in [0.1, 0.15) is 16.8 Å². The van der Waals surface area contributed by atoms with E-state index in [1.54, 1.807) is 0 Å². The first-order valence-corrected chi connectivity index (χ1v) is 9.21. The molecule has 0 atom stereocenters. The topological polar surface area (TPSA) is 63.7 Å². The second-order valence-corrected chi connectivity index (χ2v) is 7.36. The van der Waals surface area contributed by atoms with E-state index in [4.69, 9.17) is 0 Å². The van der Waals surface area contributed by atoms with Crippen LogP contribution in [0, 0.1) is 29.6 Å². The number of hydrogen-bond acceptors (Lipinski definition) is 5. The van der Waals surface area contributed by atoms with Crippen LogP contribution in [0.15, 0.2) is 48.5 Å². The summed E-state index contributed by atoms with van der Waals surface area (Å²) in [6, 6.07) is 20.2. The third-order valence-corrected chi connectivity index (χ3v) is 5.14. The molecule has 3 rings (SSSR count). The van der Waals surface area contributed by atoms with Crippen molar-refractivity contribution in [1.82, 2.24) is 4.98 Å². The molecule has 0 saturated carbocycles. The van der Waals surface area contributed by atoms with Crippen molar-refractivity contribution in [2.45, 2.75) is 6.92 Å². The Morgan fingerprint density at radius 1 is 1.00 bits per heavy atom. The number of aryl methyl sites for hydroxylation is 1. The van der Waals surface area contributed by atoms with Crippen LogP contribution in [0.5, 0.6) is 0 Å². The van der Waals surface area contributed by atoms with Crippen LogP contribution in [0.25, 0.3) is 22.9 Å². The van der Waals surface area contributed by atoms with Gasteiger partial charge in [0.25, 0.3) is 0 Å². The Hall–Kier alpha value is -3.41. The minimum Gasteiger partial charge on any atom is -0.378 e. The van der Waals surface area contributed by atoms with Gasteiger partial charge in [-0.1, -0.05) is 42.0 Å². The normalized spacial score (nSPS) is 10.9. The van der Waals surface area contributed by atoms with Crippen LogP contribution in [0.4, 0.5) is 5.69 Å². The van der Waals surface area contributed by atoms with E-state index >= 15 is 0 Å². The predicted molar refractivity (Wildman–Crippen MR) is 111 cm³/mol. The van der Waals surface area contributed by atoms with Crippen molar-refractivity contribution in [3.63, 3.8) is 0 Å². The molecule has 0 aliphatic heterocycles. The standard InChI is InChI=1S/C22H18N4S/c1-15-4-8-17(9-5-15)21-20(27-22(25-21)18(13-23)14-24)12-16-6-10-19(11-7-16)26(2)3/h4-12H,1-3H3. The lowest BCUT2D eigenvalue weighted by Crippen LogP contribution is -2.08. The Morgan fingerprint density at radius 3 is 2.19 bits per heavy atom. The molecular weight excluding hydrogens is 352 g/mol. The van der Waals surface area contributed by atoms with Gasteiger partial charge in [-0.2, -0.15) is 10.5 Å². The minimum atomic E-state index is 0.0379. The zero-order chi connectivity index (χ0) is 19.4. The number of rotatable bonds is 3. The van der Waals surface area contributed by atoms with Gasteiger partial charge >= 0.3 is 0 Å². The summed E-state index contributed by atoms with van der Waals surface area (Å²) in [6.45, 7) is 2.03. The first-order chi connectivity index (χ1) is 13.0. The molecule has 1 heterocycles. The van der Waals surface area contributed by atoms with Crippen LogP contribution in [0.2, 0.25) is 0 Å². The fourth-order valence-corrected chi connectivity index (χ4v) is 3.59. The summed E-state index contributed by atoms with van der Waals surface area (Å²) < 4.78 is 1.38. The quantitative estimate of drug-likeness (QED) is 0.710. The van der Waals surface area contributed by atoms with E-state index in [1.807, 2.05) is 80.5 Å². The molecule has 0 aliphatic rings. The maximum absolute atomic E-state index is 9.20. The lowest BCUT2D eigenvalue weighted by Gasteiger charge is -2.11. The molecule has 0 saturated heterocycles. The molecule has 0 fully saturated rings. The number of aromatic nitrogens is 1. The second-order valence-electron chi connectivity index (χ2n) is 6.33. The van der Waals surface area contributed by atoms with E-state index in [0.717, 1.165) is 27.0 Å². The van der Waals surface area contributed by atoms with E-state index in [0.29, 0.717) is 4.66 Å². The zero-order valence-electron chi connectivity index (χ0n) is 15.4.